The molecule has 0 aliphatic heterocycles. The van der Waals surface area contributed by atoms with Crippen LogP contribution >= 0.6 is 11.9 Å². The maximum Gasteiger partial charge on any atom is 0.154 e. The Morgan fingerprint density at radius 1 is 1.27 bits per heavy atom. The molecule has 6 nitrogen and oxygen atoms in total. The molecule has 26 heavy (non-hydrogen) atoms. The van der Waals surface area contributed by atoms with Gasteiger partial charge in [-0.2, -0.15) is 0 Å². The third-order valence-electron chi connectivity index (χ3n) is 3.76. The number of nitrogens with one attached hydrogen (secondary N) is 2. The molecule has 0 aliphatic carbocycles. The Morgan fingerprint density at radius 2 is 2.15 bits per heavy atom. The van der Waals surface area contributed by atoms with Gasteiger partial charge in [-0.05, 0) is 42.8 Å². The van der Waals surface area contributed by atoms with Gasteiger partial charge in [-0.3, -0.25) is 4.98 Å². The van der Waals surface area contributed by atoms with Gasteiger partial charge < -0.3 is 10.0 Å². The molecule has 0 aromatic carbocycles. The SMILES string of the molecule is C=C(/C=C(\C)NSC)c1cnc2ccc(NCCc3ccccn3)nn12. The van der Waals surface area contributed by atoms with Gasteiger partial charge in [0.25, 0.3) is 0 Å². The summed E-state index contributed by atoms with van der Waals surface area (Å²) in [4.78, 5) is 8.74. The van der Waals surface area contributed by atoms with Crippen LogP contribution in [0.3, 0.4) is 0 Å². The van der Waals surface area contributed by atoms with Crippen molar-refractivity contribution in [1.29, 1.82) is 0 Å². The van der Waals surface area contributed by atoms with Crippen LogP contribution in [0.15, 0.2) is 61.1 Å². The minimum atomic E-state index is 0.761. The van der Waals surface area contributed by atoms with E-state index in [1.165, 1.54) is 0 Å². The Kier molecular flexibility index (Phi) is 5.91. The summed E-state index contributed by atoms with van der Waals surface area (Å²) < 4.78 is 5.00. The summed E-state index contributed by atoms with van der Waals surface area (Å²) in [6.45, 7) is 6.91. The minimum Gasteiger partial charge on any atom is -0.368 e. The van der Waals surface area contributed by atoms with Gasteiger partial charge in [0.05, 0.1) is 11.9 Å². The lowest BCUT2D eigenvalue weighted by Crippen LogP contribution is -2.09. The van der Waals surface area contributed by atoms with Crippen molar-refractivity contribution in [3.63, 3.8) is 0 Å². The predicted molar refractivity (Wildman–Crippen MR) is 109 cm³/mol. The first-order valence-corrected chi connectivity index (χ1v) is 9.55. The maximum atomic E-state index is 4.65. The number of fused-ring (bicyclic) bond motifs is 1. The number of anilines is 1. The Balaban J connectivity index is 1.73. The van der Waals surface area contributed by atoms with E-state index in [-0.39, 0.29) is 0 Å². The number of rotatable bonds is 8. The number of hydrogen-bond acceptors (Lipinski definition) is 6. The highest BCUT2D eigenvalue weighted by Crippen LogP contribution is 2.18. The zero-order chi connectivity index (χ0) is 18.4. The van der Waals surface area contributed by atoms with Gasteiger partial charge in [0.15, 0.2) is 5.65 Å². The Morgan fingerprint density at radius 3 is 2.92 bits per heavy atom. The molecule has 0 saturated carbocycles. The lowest BCUT2D eigenvalue weighted by molar-refractivity contribution is 0.896. The van der Waals surface area contributed by atoms with Gasteiger partial charge in [0.1, 0.15) is 5.82 Å². The molecule has 0 unspecified atom stereocenters. The first kappa shape index (κ1) is 18.0. The lowest BCUT2D eigenvalue weighted by atomic mass is 10.2. The minimum absolute atomic E-state index is 0.761. The number of pyridine rings is 1. The third kappa shape index (κ3) is 4.43. The predicted octanol–water partition coefficient (Wildman–Crippen LogP) is 3.56. The van der Waals surface area contributed by atoms with Gasteiger partial charge in [0, 0.05) is 36.8 Å². The summed E-state index contributed by atoms with van der Waals surface area (Å²) in [7, 11) is 0. The molecular weight excluding hydrogens is 344 g/mol. The van der Waals surface area contributed by atoms with Crippen molar-refractivity contribution in [2.24, 2.45) is 0 Å². The van der Waals surface area contributed by atoms with E-state index >= 15 is 0 Å². The van der Waals surface area contributed by atoms with E-state index < -0.39 is 0 Å². The molecule has 3 heterocycles. The van der Waals surface area contributed by atoms with Crippen LogP contribution in [-0.4, -0.2) is 32.4 Å². The fourth-order valence-electron chi connectivity index (χ4n) is 2.58. The van der Waals surface area contributed by atoms with Crippen molar-refractivity contribution in [3.05, 3.63) is 72.5 Å². The first-order chi connectivity index (χ1) is 12.7. The lowest BCUT2D eigenvalue weighted by Gasteiger charge is -2.08. The fraction of sp³-hybridized carbons (Fsp3) is 0.211. The second-order valence-corrected chi connectivity index (χ2v) is 6.40. The molecule has 134 valence electrons. The van der Waals surface area contributed by atoms with Crippen LogP contribution in [0.5, 0.6) is 0 Å². The molecule has 3 aromatic rings. The highest BCUT2D eigenvalue weighted by Gasteiger charge is 2.08. The van der Waals surface area contributed by atoms with E-state index in [2.05, 4.69) is 31.7 Å². The van der Waals surface area contributed by atoms with Crippen molar-refractivity contribution >= 4 is 29.0 Å². The van der Waals surface area contributed by atoms with Crippen molar-refractivity contribution < 1.29 is 0 Å². The van der Waals surface area contributed by atoms with Gasteiger partial charge in [0.2, 0.25) is 0 Å². The van der Waals surface area contributed by atoms with Crippen LogP contribution in [0, 0.1) is 0 Å². The zero-order valence-electron chi connectivity index (χ0n) is 14.9. The average Bonchev–Trinajstić information content (AvgIpc) is 3.06. The molecule has 3 aromatic heterocycles. The molecule has 0 atom stereocenters. The summed E-state index contributed by atoms with van der Waals surface area (Å²) in [5.41, 5.74) is 4.60. The average molecular weight is 366 g/mol. The number of hydrogen-bond donors (Lipinski definition) is 2. The quantitative estimate of drug-likeness (QED) is 0.469. The summed E-state index contributed by atoms with van der Waals surface area (Å²) in [5, 5.41) is 7.99. The topological polar surface area (TPSA) is 67.1 Å². The van der Waals surface area contributed by atoms with Crippen LogP contribution < -0.4 is 10.0 Å². The molecule has 0 bridgehead atoms. The molecule has 7 heteroatoms. The van der Waals surface area contributed by atoms with E-state index in [0.29, 0.717) is 0 Å². The Labute approximate surface area is 157 Å². The molecule has 0 radical (unpaired) electrons. The summed E-state index contributed by atoms with van der Waals surface area (Å²) in [6, 6.07) is 9.82. The van der Waals surface area contributed by atoms with E-state index in [9.17, 15) is 0 Å². The van der Waals surface area contributed by atoms with E-state index in [1.807, 2.05) is 60.3 Å². The number of allylic oxidation sites excluding steroid dienone is 3. The molecule has 0 aliphatic rings. The van der Waals surface area contributed by atoms with E-state index in [0.717, 1.165) is 47.1 Å². The van der Waals surface area contributed by atoms with Gasteiger partial charge in [-0.25, -0.2) is 9.50 Å². The fourth-order valence-corrected chi connectivity index (χ4v) is 2.96. The molecule has 0 amide bonds. The van der Waals surface area contributed by atoms with Crippen LogP contribution in [0.25, 0.3) is 11.2 Å². The molecule has 2 N–H and O–H groups in total. The molecule has 0 saturated heterocycles. The van der Waals surface area contributed by atoms with Crippen LogP contribution in [0.1, 0.15) is 18.3 Å². The smallest absolute Gasteiger partial charge is 0.154 e. The molecule has 0 spiro atoms. The second-order valence-electron chi connectivity index (χ2n) is 5.79. The van der Waals surface area contributed by atoms with E-state index in [1.54, 1.807) is 18.1 Å². The standard InChI is InChI=1S/C19H22N6S/c1-14(12-15(2)24-26-3)17-13-22-19-8-7-18(23-25(17)19)21-11-9-16-6-4-5-10-20-16/h4-8,10,12-13,24H,1,9,11H2,2-3H3,(H,21,23)/b15-12+. The summed E-state index contributed by atoms with van der Waals surface area (Å²) >= 11 is 1.55. The number of imidazole rings is 1. The Hall–Kier alpha value is -2.80. The van der Waals surface area contributed by atoms with Crippen LogP contribution in [0.2, 0.25) is 0 Å². The normalized spacial score (nSPS) is 11.5. The largest absolute Gasteiger partial charge is 0.368 e. The van der Waals surface area contributed by atoms with Crippen LogP contribution in [0.4, 0.5) is 5.82 Å². The second kappa shape index (κ2) is 8.53. The summed E-state index contributed by atoms with van der Waals surface area (Å²) in [6.07, 6.45) is 8.42. The Bertz CT molecular complexity index is 916. The van der Waals surface area contributed by atoms with Gasteiger partial charge >= 0.3 is 0 Å². The van der Waals surface area contributed by atoms with Crippen LogP contribution in [-0.2, 0) is 6.42 Å². The monoisotopic (exact) mass is 366 g/mol. The number of aromatic nitrogens is 4. The highest BCUT2D eigenvalue weighted by molar-refractivity contribution is 7.96. The maximum absolute atomic E-state index is 4.65. The van der Waals surface area contributed by atoms with Crippen molar-refractivity contribution in [3.8, 4) is 0 Å². The van der Waals surface area contributed by atoms with Crippen molar-refractivity contribution in [1.82, 2.24) is 24.3 Å². The van der Waals surface area contributed by atoms with Gasteiger partial charge in [-0.15, -0.1) is 5.10 Å². The molecular formula is C19H22N6S. The molecule has 0 fully saturated rings. The van der Waals surface area contributed by atoms with Crippen molar-refractivity contribution in [2.75, 3.05) is 18.1 Å². The van der Waals surface area contributed by atoms with Gasteiger partial charge in [-0.1, -0.05) is 24.6 Å². The first-order valence-electron chi connectivity index (χ1n) is 8.32. The summed E-state index contributed by atoms with van der Waals surface area (Å²) in [5.74, 6) is 0.795. The van der Waals surface area contributed by atoms with Crippen molar-refractivity contribution in [2.45, 2.75) is 13.3 Å². The third-order valence-corrected chi connectivity index (χ3v) is 4.28. The zero-order valence-corrected chi connectivity index (χ0v) is 15.8. The number of nitrogens with zero attached hydrogens (tertiary/aromatic N) is 4. The highest BCUT2D eigenvalue weighted by atomic mass is 32.2. The molecule has 3 rings (SSSR count). The van der Waals surface area contributed by atoms with E-state index in [4.69, 9.17) is 0 Å².